The summed E-state index contributed by atoms with van der Waals surface area (Å²) in [6.45, 7) is 4.68. The molecule has 2 aliphatic rings. The topological polar surface area (TPSA) is 67.2 Å². The molecule has 2 amide bonds. The third kappa shape index (κ3) is 4.95. The van der Waals surface area contributed by atoms with Crippen molar-refractivity contribution in [3.8, 4) is 0 Å². The first-order chi connectivity index (χ1) is 14.8. The summed E-state index contributed by atoms with van der Waals surface area (Å²) < 4.78 is 1.88. The Morgan fingerprint density at radius 1 is 1.29 bits per heavy atom. The molecule has 1 aliphatic heterocycles. The van der Waals surface area contributed by atoms with Crippen molar-refractivity contribution in [2.75, 3.05) is 0 Å². The molecule has 1 aliphatic carbocycles. The maximum atomic E-state index is 13.3. The van der Waals surface area contributed by atoms with Crippen LogP contribution >= 0.6 is 11.6 Å². The molecule has 1 aromatic carbocycles. The number of carbonyl (C=O) groups is 2. The highest BCUT2D eigenvalue weighted by Crippen LogP contribution is 2.33. The van der Waals surface area contributed by atoms with Gasteiger partial charge in [0.05, 0.1) is 5.69 Å². The number of hydrogen-bond acceptors (Lipinski definition) is 3. The van der Waals surface area contributed by atoms with Crippen LogP contribution in [-0.2, 0) is 29.6 Å². The standard InChI is InChI=1S/C24H31ClN4O2/c1-16-21(17(2)28(3)27-16)15-29(20-8-9-20)23(31)11-13-24(12-10-22(30)26-24)14-18-4-6-19(25)7-5-18/h4-7,20H,8-15H2,1-3H3,(H,26,30). The molecular weight excluding hydrogens is 412 g/mol. The van der Waals surface area contributed by atoms with Gasteiger partial charge in [-0.3, -0.25) is 14.3 Å². The predicted molar refractivity (Wildman–Crippen MR) is 121 cm³/mol. The van der Waals surface area contributed by atoms with E-state index in [9.17, 15) is 9.59 Å². The Balaban J connectivity index is 1.46. The van der Waals surface area contributed by atoms with Crippen molar-refractivity contribution in [3.63, 3.8) is 0 Å². The van der Waals surface area contributed by atoms with Crippen molar-refractivity contribution in [2.45, 2.75) is 76.9 Å². The van der Waals surface area contributed by atoms with Crippen molar-refractivity contribution < 1.29 is 9.59 Å². The molecule has 1 saturated carbocycles. The Morgan fingerprint density at radius 2 is 2.00 bits per heavy atom. The lowest BCUT2D eigenvalue weighted by Crippen LogP contribution is -2.45. The maximum Gasteiger partial charge on any atom is 0.223 e. The molecule has 1 N–H and O–H groups in total. The van der Waals surface area contributed by atoms with Crippen LogP contribution in [0.25, 0.3) is 0 Å². The van der Waals surface area contributed by atoms with Gasteiger partial charge in [0, 0.05) is 54.3 Å². The van der Waals surface area contributed by atoms with Gasteiger partial charge >= 0.3 is 0 Å². The van der Waals surface area contributed by atoms with Crippen LogP contribution in [0, 0.1) is 13.8 Å². The fourth-order valence-electron chi connectivity index (χ4n) is 4.69. The molecule has 31 heavy (non-hydrogen) atoms. The lowest BCUT2D eigenvalue weighted by atomic mass is 9.85. The Labute approximate surface area is 188 Å². The average Bonchev–Trinajstić information content (AvgIpc) is 3.46. The van der Waals surface area contributed by atoms with Crippen LogP contribution in [-0.4, -0.2) is 38.1 Å². The summed E-state index contributed by atoms with van der Waals surface area (Å²) in [6.07, 6.45) is 5.20. The minimum absolute atomic E-state index is 0.0714. The molecule has 0 radical (unpaired) electrons. The molecule has 6 nitrogen and oxygen atoms in total. The third-order valence-corrected chi connectivity index (χ3v) is 7.06. The Hall–Kier alpha value is -2.34. The summed E-state index contributed by atoms with van der Waals surface area (Å²) in [6, 6.07) is 8.08. The number of amides is 2. The number of aryl methyl sites for hydroxylation is 2. The first kappa shape index (κ1) is 21.9. The average molecular weight is 443 g/mol. The molecule has 0 spiro atoms. The lowest BCUT2D eigenvalue weighted by Gasteiger charge is -2.31. The molecule has 4 rings (SSSR count). The Kier molecular flexibility index (Phi) is 6.11. The van der Waals surface area contributed by atoms with Crippen molar-refractivity contribution in [2.24, 2.45) is 7.05 Å². The number of halogens is 1. The second kappa shape index (κ2) is 8.65. The van der Waals surface area contributed by atoms with Crippen LogP contribution in [0.1, 0.15) is 61.0 Å². The van der Waals surface area contributed by atoms with Gasteiger partial charge in [-0.2, -0.15) is 5.10 Å². The molecule has 1 saturated heterocycles. The van der Waals surface area contributed by atoms with Crippen LogP contribution in [0.5, 0.6) is 0 Å². The molecule has 1 unspecified atom stereocenters. The number of rotatable bonds is 8. The van der Waals surface area contributed by atoms with Gasteiger partial charge in [0.25, 0.3) is 0 Å². The first-order valence-electron chi connectivity index (χ1n) is 11.1. The lowest BCUT2D eigenvalue weighted by molar-refractivity contribution is -0.133. The van der Waals surface area contributed by atoms with Crippen molar-refractivity contribution in [3.05, 3.63) is 51.8 Å². The van der Waals surface area contributed by atoms with E-state index in [1.165, 1.54) is 0 Å². The highest BCUT2D eigenvalue weighted by Gasteiger charge is 2.39. The van der Waals surface area contributed by atoms with E-state index in [1.54, 1.807) is 0 Å². The van der Waals surface area contributed by atoms with Crippen LogP contribution < -0.4 is 5.32 Å². The van der Waals surface area contributed by atoms with Gasteiger partial charge in [0.1, 0.15) is 0 Å². The largest absolute Gasteiger partial charge is 0.350 e. The number of nitrogens with zero attached hydrogens (tertiary/aromatic N) is 3. The van der Waals surface area contributed by atoms with Crippen LogP contribution in [0.4, 0.5) is 0 Å². The van der Waals surface area contributed by atoms with E-state index in [1.807, 2.05) is 47.8 Å². The maximum absolute atomic E-state index is 13.3. The SMILES string of the molecule is Cc1nn(C)c(C)c1CN(C(=O)CCC1(Cc2ccc(Cl)cc2)CCC(=O)N1)C1CC1. The van der Waals surface area contributed by atoms with Gasteiger partial charge in [-0.1, -0.05) is 23.7 Å². The number of carbonyl (C=O) groups excluding carboxylic acids is 2. The van der Waals surface area contributed by atoms with E-state index < -0.39 is 0 Å². The zero-order chi connectivity index (χ0) is 22.2. The second-order valence-electron chi connectivity index (χ2n) is 9.16. The van der Waals surface area contributed by atoms with Crippen LogP contribution in [0.3, 0.4) is 0 Å². The van der Waals surface area contributed by atoms with E-state index in [0.29, 0.717) is 43.3 Å². The number of aromatic nitrogens is 2. The van der Waals surface area contributed by atoms with E-state index >= 15 is 0 Å². The molecule has 166 valence electrons. The van der Waals surface area contributed by atoms with Crippen molar-refractivity contribution >= 4 is 23.4 Å². The summed E-state index contributed by atoms with van der Waals surface area (Å²) in [4.78, 5) is 27.4. The Morgan fingerprint density at radius 3 is 2.55 bits per heavy atom. The number of hydrogen-bond donors (Lipinski definition) is 1. The van der Waals surface area contributed by atoms with Crippen LogP contribution in [0.15, 0.2) is 24.3 Å². The van der Waals surface area contributed by atoms with Crippen molar-refractivity contribution in [1.82, 2.24) is 20.0 Å². The smallest absolute Gasteiger partial charge is 0.223 e. The minimum Gasteiger partial charge on any atom is -0.350 e. The molecule has 7 heteroatoms. The molecule has 0 bridgehead atoms. The van der Waals surface area contributed by atoms with Crippen molar-refractivity contribution in [1.29, 1.82) is 0 Å². The molecule has 2 fully saturated rings. The molecule has 2 heterocycles. The van der Waals surface area contributed by atoms with E-state index in [4.69, 9.17) is 11.6 Å². The quantitative estimate of drug-likeness (QED) is 0.675. The van der Waals surface area contributed by atoms with Gasteiger partial charge in [0.15, 0.2) is 0 Å². The predicted octanol–water partition coefficient (Wildman–Crippen LogP) is 3.85. The summed E-state index contributed by atoms with van der Waals surface area (Å²) in [5.41, 5.74) is 4.00. The normalized spacial score (nSPS) is 20.7. The van der Waals surface area contributed by atoms with E-state index in [-0.39, 0.29) is 17.4 Å². The highest BCUT2D eigenvalue weighted by molar-refractivity contribution is 6.30. The fraction of sp³-hybridized carbons (Fsp3) is 0.542. The molecular formula is C24H31ClN4O2. The summed E-state index contributed by atoms with van der Waals surface area (Å²) in [5, 5.41) is 8.39. The van der Waals surface area contributed by atoms with Gasteiger partial charge in [-0.05, 0) is 63.6 Å². The summed E-state index contributed by atoms with van der Waals surface area (Å²) in [7, 11) is 1.94. The fourth-order valence-corrected chi connectivity index (χ4v) is 4.81. The van der Waals surface area contributed by atoms with Gasteiger partial charge in [-0.15, -0.1) is 0 Å². The minimum atomic E-state index is -0.365. The second-order valence-corrected chi connectivity index (χ2v) is 9.59. The monoisotopic (exact) mass is 442 g/mol. The van der Waals surface area contributed by atoms with Gasteiger partial charge < -0.3 is 10.2 Å². The first-order valence-corrected chi connectivity index (χ1v) is 11.5. The molecule has 1 atom stereocenters. The van der Waals surface area contributed by atoms with E-state index in [0.717, 1.165) is 41.8 Å². The molecule has 2 aromatic rings. The summed E-state index contributed by atoms with van der Waals surface area (Å²) in [5.74, 6) is 0.240. The zero-order valence-corrected chi connectivity index (χ0v) is 19.3. The zero-order valence-electron chi connectivity index (χ0n) is 18.6. The van der Waals surface area contributed by atoms with Gasteiger partial charge in [0.2, 0.25) is 11.8 Å². The number of nitrogens with one attached hydrogen (secondary N) is 1. The summed E-state index contributed by atoms with van der Waals surface area (Å²) >= 11 is 6.02. The third-order valence-electron chi connectivity index (χ3n) is 6.80. The van der Waals surface area contributed by atoms with Crippen LogP contribution in [0.2, 0.25) is 5.02 Å². The number of benzene rings is 1. The van der Waals surface area contributed by atoms with Gasteiger partial charge in [-0.25, -0.2) is 0 Å². The molecule has 1 aromatic heterocycles. The Bertz CT molecular complexity index is 980. The highest BCUT2D eigenvalue weighted by atomic mass is 35.5. The van der Waals surface area contributed by atoms with E-state index in [2.05, 4.69) is 17.3 Å².